The van der Waals surface area contributed by atoms with Crippen molar-refractivity contribution >= 4 is 5.95 Å². The van der Waals surface area contributed by atoms with E-state index in [0.29, 0.717) is 5.56 Å². The number of nitrogens with two attached hydrogens (primary N) is 1. The maximum Gasteiger partial charge on any atom is 0.240 e. The van der Waals surface area contributed by atoms with Crippen molar-refractivity contribution in [3.05, 3.63) is 41.6 Å². The van der Waals surface area contributed by atoms with Crippen LogP contribution in [0.5, 0.6) is 11.6 Å². The van der Waals surface area contributed by atoms with Gasteiger partial charge in [-0.15, -0.1) is 0 Å². The summed E-state index contributed by atoms with van der Waals surface area (Å²) in [5, 5.41) is 0. The van der Waals surface area contributed by atoms with Gasteiger partial charge in [-0.25, -0.2) is 19.6 Å². The first kappa shape index (κ1) is 12.2. The molecule has 0 aliphatic carbocycles. The Labute approximate surface area is 102 Å². The van der Waals surface area contributed by atoms with Crippen LogP contribution in [0.1, 0.15) is 5.56 Å². The van der Waals surface area contributed by atoms with Crippen molar-refractivity contribution in [2.24, 2.45) is 5.84 Å². The summed E-state index contributed by atoms with van der Waals surface area (Å²) in [4.78, 5) is 7.79. The van der Waals surface area contributed by atoms with Gasteiger partial charge in [0.15, 0.2) is 0 Å². The maximum atomic E-state index is 13.0. The zero-order valence-electron chi connectivity index (χ0n) is 9.45. The lowest BCUT2D eigenvalue weighted by Crippen LogP contribution is -2.11. The van der Waals surface area contributed by atoms with Crippen molar-refractivity contribution in [3.8, 4) is 11.6 Å². The van der Waals surface area contributed by atoms with E-state index in [1.165, 1.54) is 6.20 Å². The lowest BCUT2D eigenvalue weighted by molar-refractivity contribution is 0.447. The molecule has 3 N–H and O–H groups in total. The molecule has 0 bridgehead atoms. The number of aryl methyl sites for hydroxylation is 1. The van der Waals surface area contributed by atoms with Crippen LogP contribution in [-0.2, 0) is 0 Å². The first-order chi connectivity index (χ1) is 8.58. The molecule has 0 spiro atoms. The molecule has 94 valence electrons. The van der Waals surface area contributed by atoms with Gasteiger partial charge < -0.3 is 4.74 Å². The van der Waals surface area contributed by atoms with E-state index >= 15 is 0 Å². The molecule has 1 aromatic heterocycles. The SMILES string of the molecule is Cc1cnc(NN)nc1Oc1cc(F)cc(F)c1. The zero-order valence-corrected chi connectivity index (χ0v) is 9.45. The van der Waals surface area contributed by atoms with E-state index in [2.05, 4.69) is 15.4 Å². The van der Waals surface area contributed by atoms with Crippen LogP contribution in [0.3, 0.4) is 0 Å². The molecular weight excluding hydrogens is 242 g/mol. The van der Waals surface area contributed by atoms with E-state index in [1.54, 1.807) is 6.92 Å². The van der Waals surface area contributed by atoms with Crippen LogP contribution in [0.4, 0.5) is 14.7 Å². The minimum absolute atomic E-state index is 0.0114. The molecular formula is C11H10F2N4O. The van der Waals surface area contributed by atoms with Gasteiger partial charge >= 0.3 is 0 Å². The van der Waals surface area contributed by atoms with Gasteiger partial charge in [0.2, 0.25) is 11.8 Å². The molecule has 1 aromatic carbocycles. The lowest BCUT2D eigenvalue weighted by Gasteiger charge is -2.08. The van der Waals surface area contributed by atoms with Crippen LogP contribution in [0, 0.1) is 18.6 Å². The highest BCUT2D eigenvalue weighted by molar-refractivity contribution is 5.35. The van der Waals surface area contributed by atoms with E-state index < -0.39 is 11.6 Å². The Morgan fingerprint density at radius 1 is 1.22 bits per heavy atom. The topological polar surface area (TPSA) is 73.1 Å². The number of nitrogens with zero attached hydrogens (tertiary/aromatic N) is 2. The second kappa shape index (κ2) is 4.92. The van der Waals surface area contributed by atoms with Crippen molar-refractivity contribution in [1.82, 2.24) is 9.97 Å². The minimum Gasteiger partial charge on any atom is -0.438 e. The standard InChI is InChI=1S/C11H10F2N4O/c1-6-5-15-11(17-14)16-10(6)18-9-3-7(12)2-8(13)4-9/h2-5H,14H2,1H3,(H,15,16,17). The number of hydrogen-bond acceptors (Lipinski definition) is 5. The molecule has 0 saturated carbocycles. The first-order valence-corrected chi connectivity index (χ1v) is 5.02. The minimum atomic E-state index is -0.728. The first-order valence-electron chi connectivity index (χ1n) is 5.02. The highest BCUT2D eigenvalue weighted by atomic mass is 19.1. The summed E-state index contributed by atoms with van der Waals surface area (Å²) in [6, 6.07) is 2.87. The van der Waals surface area contributed by atoms with E-state index in [-0.39, 0.29) is 17.6 Å². The van der Waals surface area contributed by atoms with Gasteiger partial charge in [0, 0.05) is 30.0 Å². The van der Waals surface area contributed by atoms with Gasteiger partial charge in [-0.1, -0.05) is 0 Å². The Hall–Kier alpha value is -2.28. The van der Waals surface area contributed by atoms with Crippen LogP contribution < -0.4 is 16.0 Å². The summed E-state index contributed by atoms with van der Waals surface area (Å²) in [7, 11) is 0. The smallest absolute Gasteiger partial charge is 0.240 e. The normalized spacial score (nSPS) is 10.2. The largest absolute Gasteiger partial charge is 0.438 e. The average molecular weight is 252 g/mol. The highest BCUT2D eigenvalue weighted by Crippen LogP contribution is 2.24. The second-order valence-electron chi connectivity index (χ2n) is 3.53. The number of nitrogens with one attached hydrogen (secondary N) is 1. The fourth-order valence-electron chi connectivity index (χ4n) is 1.30. The van der Waals surface area contributed by atoms with Crippen molar-refractivity contribution < 1.29 is 13.5 Å². The number of benzene rings is 1. The number of aromatic nitrogens is 2. The number of hydrazine groups is 1. The second-order valence-corrected chi connectivity index (χ2v) is 3.53. The summed E-state index contributed by atoms with van der Waals surface area (Å²) >= 11 is 0. The Balaban J connectivity index is 2.33. The van der Waals surface area contributed by atoms with Gasteiger partial charge in [0.05, 0.1) is 0 Å². The molecule has 1 heterocycles. The lowest BCUT2D eigenvalue weighted by atomic mass is 10.3. The average Bonchev–Trinajstić information content (AvgIpc) is 2.30. The molecule has 0 radical (unpaired) electrons. The summed E-state index contributed by atoms with van der Waals surface area (Å²) in [6.07, 6.45) is 1.48. The van der Waals surface area contributed by atoms with Crippen LogP contribution in [0.2, 0.25) is 0 Å². The molecule has 0 aliphatic rings. The molecule has 0 saturated heterocycles. The quantitative estimate of drug-likeness (QED) is 0.646. The van der Waals surface area contributed by atoms with Gasteiger partial charge in [0.25, 0.3) is 0 Å². The molecule has 5 nitrogen and oxygen atoms in total. The number of rotatable bonds is 3. The molecule has 0 amide bonds. The van der Waals surface area contributed by atoms with E-state index in [9.17, 15) is 8.78 Å². The Morgan fingerprint density at radius 2 is 1.89 bits per heavy atom. The van der Waals surface area contributed by atoms with Crippen LogP contribution in [-0.4, -0.2) is 9.97 Å². The summed E-state index contributed by atoms with van der Waals surface area (Å²) < 4.78 is 31.3. The Kier molecular flexibility index (Phi) is 3.33. The van der Waals surface area contributed by atoms with Gasteiger partial charge in [-0.3, -0.25) is 5.43 Å². The predicted molar refractivity (Wildman–Crippen MR) is 61.0 cm³/mol. The third-order valence-electron chi connectivity index (χ3n) is 2.10. The molecule has 0 atom stereocenters. The van der Waals surface area contributed by atoms with E-state index in [0.717, 1.165) is 18.2 Å². The fourth-order valence-corrected chi connectivity index (χ4v) is 1.30. The number of anilines is 1. The van der Waals surface area contributed by atoms with Crippen molar-refractivity contribution in [1.29, 1.82) is 0 Å². The third kappa shape index (κ3) is 2.69. The molecule has 0 fully saturated rings. The molecule has 7 heteroatoms. The van der Waals surface area contributed by atoms with Crippen LogP contribution in [0.25, 0.3) is 0 Å². The summed E-state index contributed by atoms with van der Waals surface area (Å²) in [6.45, 7) is 1.70. The van der Waals surface area contributed by atoms with Crippen molar-refractivity contribution in [3.63, 3.8) is 0 Å². The number of nitrogen functional groups attached to an aromatic ring is 1. The van der Waals surface area contributed by atoms with Crippen molar-refractivity contribution in [2.45, 2.75) is 6.92 Å². The van der Waals surface area contributed by atoms with Crippen LogP contribution >= 0.6 is 0 Å². The Morgan fingerprint density at radius 3 is 2.50 bits per heavy atom. The van der Waals surface area contributed by atoms with Gasteiger partial charge in [-0.05, 0) is 6.92 Å². The monoisotopic (exact) mass is 252 g/mol. The van der Waals surface area contributed by atoms with Gasteiger partial charge in [0.1, 0.15) is 17.4 Å². The fraction of sp³-hybridized carbons (Fsp3) is 0.0909. The number of hydrogen-bond donors (Lipinski definition) is 2. The molecule has 0 aliphatic heterocycles. The predicted octanol–water partition coefficient (Wildman–Crippen LogP) is 2.14. The Bertz CT molecular complexity index is 557. The molecule has 2 aromatic rings. The highest BCUT2D eigenvalue weighted by Gasteiger charge is 2.08. The maximum absolute atomic E-state index is 13.0. The van der Waals surface area contributed by atoms with E-state index in [4.69, 9.17) is 10.6 Å². The van der Waals surface area contributed by atoms with E-state index in [1.807, 2.05) is 0 Å². The number of halogens is 2. The number of ether oxygens (including phenoxy) is 1. The molecule has 0 unspecified atom stereocenters. The van der Waals surface area contributed by atoms with Crippen LogP contribution in [0.15, 0.2) is 24.4 Å². The third-order valence-corrected chi connectivity index (χ3v) is 2.10. The molecule has 18 heavy (non-hydrogen) atoms. The van der Waals surface area contributed by atoms with Crippen molar-refractivity contribution in [2.75, 3.05) is 5.43 Å². The molecule has 2 rings (SSSR count). The summed E-state index contributed by atoms with van der Waals surface area (Å²) in [5.74, 6) is 4.03. The van der Waals surface area contributed by atoms with Gasteiger partial charge in [-0.2, -0.15) is 4.98 Å². The zero-order chi connectivity index (χ0) is 13.1. The summed E-state index contributed by atoms with van der Waals surface area (Å²) in [5.41, 5.74) is 2.86.